The molecular formula is C17H16F3NO2. The normalized spacial score (nSPS) is 13.5. The number of halogens is 3. The molecule has 0 aliphatic carbocycles. The van der Waals surface area contributed by atoms with Crippen LogP contribution in [0.5, 0.6) is 0 Å². The first-order valence-electron chi connectivity index (χ1n) is 6.93. The van der Waals surface area contributed by atoms with Gasteiger partial charge in [-0.25, -0.2) is 13.2 Å². The highest BCUT2D eigenvalue weighted by Crippen LogP contribution is 2.20. The van der Waals surface area contributed by atoms with E-state index in [0.29, 0.717) is 5.56 Å². The largest absolute Gasteiger partial charge is 0.384 e. The lowest BCUT2D eigenvalue weighted by Crippen LogP contribution is -2.39. The minimum absolute atomic E-state index is 0.0948. The summed E-state index contributed by atoms with van der Waals surface area (Å²) in [7, 11) is 0. The number of nitrogens with one attached hydrogen (secondary N) is 1. The maximum Gasteiger partial charge on any atom is 0.254 e. The standard InChI is InChI=1S/C17H16F3NO2/c1-10-7-15(20)13(8-14(10)19)16(22)21-9-17(2,23)11-3-5-12(18)6-4-11/h3-8,23H,9H2,1-2H3,(H,21,22). The summed E-state index contributed by atoms with van der Waals surface area (Å²) in [5.41, 5.74) is -1.45. The Hall–Kier alpha value is -2.34. The molecular weight excluding hydrogens is 307 g/mol. The van der Waals surface area contributed by atoms with Crippen molar-refractivity contribution in [2.24, 2.45) is 0 Å². The molecule has 3 nitrogen and oxygen atoms in total. The summed E-state index contributed by atoms with van der Waals surface area (Å²) in [6.45, 7) is 2.57. The van der Waals surface area contributed by atoms with Crippen molar-refractivity contribution < 1.29 is 23.1 Å². The van der Waals surface area contributed by atoms with Crippen LogP contribution in [0.25, 0.3) is 0 Å². The minimum atomic E-state index is -1.48. The summed E-state index contributed by atoms with van der Waals surface area (Å²) in [6, 6.07) is 6.87. The van der Waals surface area contributed by atoms with Gasteiger partial charge in [-0.15, -0.1) is 0 Å². The lowest BCUT2D eigenvalue weighted by atomic mass is 9.96. The van der Waals surface area contributed by atoms with E-state index in [2.05, 4.69) is 5.32 Å². The number of benzene rings is 2. The summed E-state index contributed by atoms with van der Waals surface area (Å²) in [5, 5.41) is 12.7. The number of hydrogen-bond acceptors (Lipinski definition) is 2. The fourth-order valence-corrected chi connectivity index (χ4v) is 2.08. The molecule has 0 aliphatic rings. The summed E-state index contributed by atoms with van der Waals surface area (Å²) in [5.74, 6) is -2.83. The zero-order valence-electron chi connectivity index (χ0n) is 12.7. The Bertz CT molecular complexity index is 727. The quantitative estimate of drug-likeness (QED) is 0.908. The van der Waals surface area contributed by atoms with Gasteiger partial charge in [-0.05, 0) is 49.2 Å². The number of amides is 1. The van der Waals surface area contributed by atoms with Crippen molar-refractivity contribution in [3.8, 4) is 0 Å². The zero-order valence-corrected chi connectivity index (χ0v) is 12.7. The van der Waals surface area contributed by atoms with Crippen LogP contribution in [0.2, 0.25) is 0 Å². The van der Waals surface area contributed by atoms with E-state index in [1.165, 1.54) is 38.1 Å². The fourth-order valence-electron chi connectivity index (χ4n) is 2.08. The van der Waals surface area contributed by atoms with Gasteiger partial charge in [-0.3, -0.25) is 4.79 Å². The average Bonchev–Trinajstić information content (AvgIpc) is 2.49. The van der Waals surface area contributed by atoms with Gasteiger partial charge in [0.15, 0.2) is 0 Å². The van der Waals surface area contributed by atoms with Crippen molar-refractivity contribution in [3.05, 3.63) is 70.5 Å². The minimum Gasteiger partial charge on any atom is -0.384 e. The maximum absolute atomic E-state index is 13.7. The second kappa shape index (κ2) is 6.42. The van der Waals surface area contributed by atoms with Crippen molar-refractivity contribution in [3.63, 3.8) is 0 Å². The highest BCUT2D eigenvalue weighted by Gasteiger charge is 2.25. The number of carbonyl (C=O) groups is 1. The van der Waals surface area contributed by atoms with Crippen LogP contribution in [-0.2, 0) is 5.60 Å². The SMILES string of the molecule is Cc1cc(F)c(C(=O)NCC(C)(O)c2ccc(F)cc2)cc1F. The number of aliphatic hydroxyl groups is 1. The van der Waals surface area contributed by atoms with Crippen LogP contribution >= 0.6 is 0 Å². The van der Waals surface area contributed by atoms with Gasteiger partial charge in [0, 0.05) is 0 Å². The van der Waals surface area contributed by atoms with Gasteiger partial charge in [-0.2, -0.15) is 0 Å². The van der Waals surface area contributed by atoms with E-state index >= 15 is 0 Å². The summed E-state index contributed by atoms with van der Waals surface area (Å²) >= 11 is 0. The second-order valence-corrected chi connectivity index (χ2v) is 5.54. The van der Waals surface area contributed by atoms with Crippen LogP contribution in [0, 0.1) is 24.4 Å². The number of rotatable bonds is 4. The van der Waals surface area contributed by atoms with E-state index in [9.17, 15) is 23.1 Å². The lowest BCUT2D eigenvalue weighted by molar-refractivity contribution is 0.0524. The van der Waals surface area contributed by atoms with Gasteiger partial charge in [0.1, 0.15) is 23.1 Å². The highest BCUT2D eigenvalue weighted by molar-refractivity contribution is 5.94. The monoisotopic (exact) mass is 323 g/mol. The van der Waals surface area contributed by atoms with Crippen LogP contribution in [0.4, 0.5) is 13.2 Å². The van der Waals surface area contributed by atoms with Gasteiger partial charge in [0.05, 0.1) is 12.1 Å². The van der Waals surface area contributed by atoms with Crippen molar-refractivity contribution in [1.82, 2.24) is 5.32 Å². The first-order valence-corrected chi connectivity index (χ1v) is 6.93. The fraction of sp³-hybridized carbons (Fsp3) is 0.235. The van der Waals surface area contributed by atoms with E-state index in [0.717, 1.165) is 12.1 Å². The Labute approximate surface area is 131 Å². The predicted molar refractivity (Wildman–Crippen MR) is 79.4 cm³/mol. The third kappa shape index (κ3) is 3.90. The van der Waals surface area contributed by atoms with Crippen LogP contribution in [0.1, 0.15) is 28.4 Å². The van der Waals surface area contributed by atoms with Gasteiger partial charge in [0.2, 0.25) is 0 Å². The van der Waals surface area contributed by atoms with E-state index in [4.69, 9.17) is 0 Å². The van der Waals surface area contributed by atoms with Crippen LogP contribution in [0.3, 0.4) is 0 Å². The first-order chi connectivity index (χ1) is 10.7. The van der Waals surface area contributed by atoms with Crippen molar-refractivity contribution in [2.45, 2.75) is 19.4 Å². The molecule has 1 unspecified atom stereocenters. The Morgan fingerprint density at radius 2 is 1.74 bits per heavy atom. The van der Waals surface area contributed by atoms with E-state index in [1.807, 2.05) is 0 Å². The molecule has 2 aromatic carbocycles. The predicted octanol–water partition coefficient (Wildman–Crippen LogP) is 3.05. The van der Waals surface area contributed by atoms with Crippen molar-refractivity contribution in [2.75, 3.05) is 6.54 Å². The molecule has 0 saturated heterocycles. The Balaban J connectivity index is 2.12. The number of aryl methyl sites for hydroxylation is 1. The third-order valence-corrected chi connectivity index (χ3v) is 3.55. The average molecular weight is 323 g/mol. The molecule has 2 rings (SSSR count). The molecule has 0 bridgehead atoms. The lowest BCUT2D eigenvalue weighted by Gasteiger charge is -2.24. The molecule has 122 valence electrons. The zero-order chi connectivity index (χ0) is 17.2. The number of carbonyl (C=O) groups excluding carboxylic acids is 1. The molecule has 0 heterocycles. The number of hydrogen-bond donors (Lipinski definition) is 2. The molecule has 0 fully saturated rings. The molecule has 0 aromatic heterocycles. The molecule has 1 atom stereocenters. The topological polar surface area (TPSA) is 49.3 Å². The molecule has 0 aliphatic heterocycles. The molecule has 23 heavy (non-hydrogen) atoms. The van der Waals surface area contributed by atoms with E-state index < -0.39 is 34.5 Å². The Morgan fingerprint density at radius 3 is 2.35 bits per heavy atom. The van der Waals surface area contributed by atoms with Crippen molar-refractivity contribution in [1.29, 1.82) is 0 Å². The molecule has 1 amide bonds. The van der Waals surface area contributed by atoms with Gasteiger partial charge in [0.25, 0.3) is 5.91 Å². The van der Waals surface area contributed by atoms with Crippen LogP contribution < -0.4 is 5.32 Å². The molecule has 0 spiro atoms. The molecule has 2 aromatic rings. The Kier molecular flexibility index (Phi) is 4.75. The van der Waals surface area contributed by atoms with Crippen LogP contribution in [0.15, 0.2) is 36.4 Å². The van der Waals surface area contributed by atoms with Crippen LogP contribution in [-0.4, -0.2) is 17.6 Å². The highest BCUT2D eigenvalue weighted by atomic mass is 19.1. The molecule has 6 heteroatoms. The smallest absolute Gasteiger partial charge is 0.254 e. The van der Waals surface area contributed by atoms with E-state index in [1.54, 1.807) is 0 Å². The summed E-state index contributed by atoms with van der Waals surface area (Å²) in [6.07, 6.45) is 0. The summed E-state index contributed by atoms with van der Waals surface area (Å²) in [4.78, 5) is 12.0. The van der Waals surface area contributed by atoms with Crippen molar-refractivity contribution >= 4 is 5.91 Å². The third-order valence-electron chi connectivity index (χ3n) is 3.55. The maximum atomic E-state index is 13.7. The molecule has 0 radical (unpaired) electrons. The first kappa shape index (κ1) is 17.0. The van der Waals surface area contributed by atoms with Gasteiger partial charge >= 0.3 is 0 Å². The second-order valence-electron chi connectivity index (χ2n) is 5.54. The summed E-state index contributed by atoms with van der Waals surface area (Å²) < 4.78 is 40.1. The van der Waals surface area contributed by atoms with Gasteiger partial charge in [-0.1, -0.05) is 12.1 Å². The molecule has 2 N–H and O–H groups in total. The van der Waals surface area contributed by atoms with Gasteiger partial charge < -0.3 is 10.4 Å². The van der Waals surface area contributed by atoms with E-state index in [-0.39, 0.29) is 12.1 Å². The Morgan fingerprint density at radius 1 is 1.13 bits per heavy atom. The molecule has 0 saturated carbocycles.